The van der Waals surface area contributed by atoms with Crippen LogP contribution in [0.2, 0.25) is 0 Å². The molecule has 2 aromatic rings. The second kappa shape index (κ2) is 9.36. The highest BCUT2D eigenvalue weighted by Gasteiger charge is 2.13. The molecule has 1 N–H and O–H groups in total. The number of nitrogens with zero attached hydrogens (tertiary/aromatic N) is 4. The first-order chi connectivity index (χ1) is 11.6. The molecule has 0 radical (unpaired) electrons. The zero-order valence-corrected chi connectivity index (χ0v) is 14.7. The van der Waals surface area contributed by atoms with Crippen molar-refractivity contribution in [3.63, 3.8) is 0 Å². The second-order valence-corrected chi connectivity index (χ2v) is 6.55. The van der Waals surface area contributed by atoms with Gasteiger partial charge in [0.1, 0.15) is 5.82 Å². The lowest BCUT2D eigenvalue weighted by atomic mass is 10.1. The van der Waals surface area contributed by atoms with Crippen molar-refractivity contribution in [3.8, 4) is 5.69 Å². The normalized spacial score (nSPS) is 12.1. The maximum Gasteiger partial charge on any atom is 0.230 e. The van der Waals surface area contributed by atoms with Crippen LogP contribution in [0.4, 0.5) is 4.39 Å². The predicted octanol–water partition coefficient (Wildman–Crippen LogP) is 2.98. The molecule has 2 rings (SSSR count). The number of unbranched alkanes of at least 4 members (excludes halogenated alkanes) is 2. The van der Waals surface area contributed by atoms with Crippen LogP contribution in [0.15, 0.2) is 29.4 Å². The molecule has 1 aromatic heterocycles. The number of carbonyl (C=O) groups excluding carboxylic acids is 1. The monoisotopic (exact) mass is 351 g/mol. The van der Waals surface area contributed by atoms with Crippen molar-refractivity contribution in [3.05, 3.63) is 30.1 Å². The van der Waals surface area contributed by atoms with Gasteiger partial charge in [0.2, 0.25) is 11.1 Å². The number of carbonyl (C=O) groups is 1. The lowest BCUT2D eigenvalue weighted by Gasteiger charge is -2.13. The zero-order valence-electron chi connectivity index (χ0n) is 13.9. The number of amides is 1. The summed E-state index contributed by atoms with van der Waals surface area (Å²) in [6.07, 6.45) is 4.44. The van der Waals surface area contributed by atoms with Gasteiger partial charge < -0.3 is 5.32 Å². The fourth-order valence-electron chi connectivity index (χ4n) is 2.26. The van der Waals surface area contributed by atoms with Crippen LogP contribution in [0, 0.1) is 5.82 Å². The molecule has 24 heavy (non-hydrogen) atoms. The average molecular weight is 351 g/mol. The summed E-state index contributed by atoms with van der Waals surface area (Å²) in [5.41, 5.74) is 0.524. The molecule has 0 fully saturated rings. The molecule has 0 aliphatic rings. The average Bonchev–Trinajstić information content (AvgIpc) is 3.01. The Morgan fingerprint density at radius 1 is 1.42 bits per heavy atom. The molecule has 130 valence electrons. The van der Waals surface area contributed by atoms with Crippen molar-refractivity contribution in [2.75, 3.05) is 5.75 Å². The zero-order chi connectivity index (χ0) is 17.4. The van der Waals surface area contributed by atoms with Crippen molar-refractivity contribution < 1.29 is 9.18 Å². The lowest BCUT2D eigenvalue weighted by molar-refractivity contribution is -0.119. The van der Waals surface area contributed by atoms with Crippen LogP contribution >= 0.6 is 11.8 Å². The molecule has 1 heterocycles. The number of hydrogen-bond donors (Lipinski definition) is 1. The van der Waals surface area contributed by atoms with E-state index in [4.69, 9.17) is 0 Å². The van der Waals surface area contributed by atoms with Crippen LogP contribution in [-0.2, 0) is 4.79 Å². The highest BCUT2D eigenvalue weighted by Crippen LogP contribution is 2.18. The molecule has 0 saturated carbocycles. The van der Waals surface area contributed by atoms with Crippen molar-refractivity contribution >= 4 is 17.7 Å². The number of tetrazole rings is 1. The van der Waals surface area contributed by atoms with E-state index in [1.807, 2.05) is 6.92 Å². The summed E-state index contributed by atoms with van der Waals surface area (Å²) in [5, 5.41) is 14.8. The van der Waals surface area contributed by atoms with Crippen molar-refractivity contribution in [1.29, 1.82) is 0 Å². The summed E-state index contributed by atoms with van der Waals surface area (Å²) in [6, 6.07) is 6.15. The third kappa shape index (κ3) is 5.59. The number of hydrogen-bond acceptors (Lipinski definition) is 5. The number of thioether (sulfide) groups is 1. The summed E-state index contributed by atoms with van der Waals surface area (Å²) in [4.78, 5) is 12.0. The van der Waals surface area contributed by atoms with Crippen molar-refractivity contribution in [2.45, 2.75) is 50.7 Å². The first-order valence-electron chi connectivity index (χ1n) is 8.06. The Labute approximate surface area is 145 Å². The molecule has 1 unspecified atom stereocenters. The van der Waals surface area contributed by atoms with Gasteiger partial charge in [-0.1, -0.05) is 44.0 Å². The third-order valence-electron chi connectivity index (χ3n) is 3.47. The maximum atomic E-state index is 13.3. The molecular formula is C16H22FN5OS. The van der Waals surface area contributed by atoms with Gasteiger partial charge in [-0.25, -0.2) is 4.39 Å². The minimum Gasteiger partial charge on any atom is -0.353 e. The fourth-order valence-corrected chi connectivity index (χ4v) is 2.96. The van der Waals surface area contributed by atoms with Crippen LogP contribution in [-0.4, -0.2) is 37.9 Å². The minimum absolute atomic E-state index is 0.0576. The van der Waals surface area contributed by atoms with Gasteiger partial charge in [-0.3, -0.25) is 4.79 Å². The summed E-state index contributed by atoms with van der Waals surface area (Å²) in [7, 11) is 0. The Balaban J connectivity index is 1.87. The van der Waals surface area contributed by atoms with Crippen LogP contribution in [0.1, 0.15) is 39.5 Å². The van der Waals surface area contributed by atoms with Crippen LogP contribution in [0.3, 0.4) is 0 Å². The van der Waals surface area contributed by atoms with E-state index in [2.05, 4.69) is 27.8 Å². The molecular weight excluding hydrogens is 329 g/mol. The molecule has 6 nitrogen and oxygen atoms in total. The van der Waals surface area contributed by atoms with Gasteiger partial charge in [-0.2, -0.15) is 4.68 Å². The van der Waals surface area contributed by atoms with E-state index in [1.165, 1.54) is 41.4 Å². The Bertz CT molecular complexity index is 663. The van der Waals surface area contributed by atoms with E-state index in [9.17, 15) is 9.18 Å². The summed E-state index contributed by atoms with van der Waals surface area (Å²) < 4.78 is 14.7. The van der Waals surface area contributed by atoms with E-state index in [1.54, 1.807) is 12.1 Å². The Kier molecular flexibility index (Phi) is 7.17. The van der Waals surface area contributed by atoms with E-state index < -0.39 is 0 Å². The molecule has 0 aliphatic carbocycles. The number of aromatic nitrogens is 4. The first kappa shape index (κ1) is 18.4. The topological polar surface area (TPSA) is 72.7 Å². The van der Waals surface area contributed by atoms with Gasteiger partial charge in [-0.05, 0) is 42.0 Å². The molecule has 1 atom stereocenters. The molecule has 1 amide bonds. The van der Waals surface area contributed by atoms with Gasteiger partial charge in [-0.15, -0.1) is 5.10 Å². The maximum absolute atomic E-state index is 13.3. The van der Waals surface area contributed by atoms with E-state index in [0.29, 0.717) is 10.8 Å². The second-order valence-electron chi connectivity index (χ2n) is 5.61. The van der Waals surface area contributed by atoms with Gasteiger partial charge >= 0.3 is 0 Å². The lowest BCUT2D eigenvalue weighted by Crippen LogP contribution is -2.33. The SMILES string of the molecule is CCCCCC(C)NC(=O)CSc1nnnn1-c1cccc(F)c1. The largest absolute Gasteiger partial charge is 0.353 e. The number of rotatable bonds is 9. The van der Waals surface area contributed by atoms with Crippen LogP contribution < -0.4 is 5.32 Å². The first-order valence-corrected chi connectivity index (χ1v) is 9.05. The van der Waals surface area contributed by atoms with Gasteiger partial charge in [0.05, 0.1) is 11.4 Å². The van der Waals surface area contributed by atoms with E-state index >= 15 is 0 Å². The summed E-state index contributed by atoms with van der Waals surface area (Å²) in [6.45, 7) is 4.16. The predicted molar refractivity (Wildman–Crippen MR) is 91.6 cm³/mol. The van der Waals surface area contributed by atoms with E-state index in [0.717, 1.165) is 12.8 Å². The fraction of sp³-hybridized carbons (Fsp3) is 0.500. The minimum atomic E-state index is -0.363. The van der Waals surface area contributed by atoms with Crippen LogP contribution in [0.5, 0.6) is 0 Å². The summed E-state index contributed by atoms with van der Waals surface area (Å²) >= 11 is 1.23. The van der Waals surface area contributed by atoms with Crippen LogP contribution in [0.25, 0.3) is 5.69 Å². The van der Waals surface area contributed by atoms with Crippen molar-refractivity contribution in [1.82, 2.24) is 25.5 Å². The molecule has 1 aromatic carbocycles. The Morgan fingerprint density at radius 3 is 3.00 bits per heavy atom. The molecule has 0 bridgehead atoms. The van der Waals surface area contributed by atoms with Gasteiger partial charge in [0.25, 0.3) is 0 Å². The molecule has 0 aliphatic heterocycles. The Hall–Kier alpha value is -1.96. The quantitative estimate of drug-likeness (QED) is 0.555. The standard InChI is InChI=1S/C16H22FN5OS/c1-3-4-5-7-12(2)18-15(23)11-24-16-19-20-21-22(16)14-9-6-8-13(17)10-14/h6,8-10,12H,3-5,7,11H2,1-2H3,(H,18,23). The van der Waals surface area contributed by atoms with E-state index in [-0.39, 0.29) is 23.5 Å². The number of halogens is 1. The van der Waals surface area contributed by atoms with Gasteiger partial charge in [0.15, 0.2) is 0 Å². The molecule has 0 spiro atoms. The van der Waals surface area contributed by atoms with Gasteiger partial charge in [0, 0.05) is 6.04 Å². The Morgan fingerprint density at radius 2 is 2.25 bits per heavy atom. The summed E-state index contributed by atoms with van der Waals surface area (Å²) in [5.74, 6) is -0.205. The van der Waals surface area contributed by atoms with Crippen molar-refractivity contribution in [2.24, 2.45) is 0 Å². The molecule has 0 saturated heterocycles. The number of benzene rings is 1. The number of nitrogens with one attached hydrogen (secondary N) is 1. The molecule has 8 heteroatoms. The third-order valence-corrected chi connectivity index (χ3v) is 4.39. The smallest absolute Gasteiger partial charge is 0.230 e. The highest BCUT2D eigenvalue weighted by atomic mass is 32.2. The highest BCUT2D eigenvalue weighted by molar-refractivity contribution is 7.99.